The molecule has 0 N–H and O–H groups in total. The van der Waals surface area contributed by atoms with Crippen LogP contribution in [0.2, 0.25) is 0 Å². The molecule has 0 aliphatic rings. The highest BCUT2D eigenvalue weighted by molar-refractivity contribution is 7.07. The first-order valence-electron chi connectivity index (χ1n) is 8.55. The number of hydrogen-bond donors (Lipinski definition) is 0. The molecular weight excluding hydrogens is 304 g/mol. The Kier molecular flexibility index (Phi) is 7.46. The zero-order chi connectivity index (χ0) is 16.5. The van der Waals surface area contributed by atoms with Crippen molar-refractivity contribution < 1.29 is 0 Å². The van der Waals surface area contributed by atoms with Gasteiger partial charge in [-0.05, 0) is 24.3 Å². The summed E-state index contributed by atoms with van der Waals surface area (Å²) in [6.45, 7) is 8.60. The molecule has 5 heteroatoms. The van der Waals surface area contributed by atoms with Crippen LogP contribution >= 0.6 is 11.3 Å². The third-order valence-corrected chi connectivity index (χ3v) is 4.50. The van der Waals surface area contributed by atoms with E-state index in [4.69, 9.17) is 0 Å². The van der Waals surface area contributed by atoms with Crippen molar-refractivity contribution in [2.45, 2.75) is 52.9 Å². The summed E-state index contributed by atoms with van der Waals surface area (Å²) in [5.41, 5.74) is 5.20. The summed E-state index contributed by atoms with van der Waals surface area (Å²) in [6, 6.07) is 0. The molecule has 4 nitrogen and oxygen atoms in total. The Hall–Kier alpha value is -1.49. The Bertz CT molecular complexity index is 537. The highest BCUT2D eigenvalue weighted by atomic mass is 32.1. The van der Waals surface area contributed by atoms with Crippen molar-refractivity contribution in [2.24, 2.45) is 5.92 Å². The Morgan fingerprint density at radius 2 is 1.96 bits per heavy atom. The average Bonchev–Trinajstić information content (AvgIpc) is 3.07. The molecule has 2 heterocycles. The van der Waals surface area contributed by atoms with Gasteiger partial charge >= 0.3 is 0 Å². The summed E-state index contributed by atoms with van der Waals surface area (Å²) in [6.07, 6.45) is 9.50. The van der Waals surface area contributed by atoms with Crippen LogP contribution in [0.3, 0.4) is 0 Å². The molecule has 125 valence electrons. The van der Waals surface area contributed by atoms with Crippen molar-refractivity contribution in [3.8, 4) is 0 Å². The van der Waals surface area contributed by atoms with Crippen LogP contribution in [0.25, 0.3) is 0 Å². The number of hydrogen-bond acceptors (Lipinski definition) is 5. The maximum atomic E-state index is 4.55. The number of unbranched alkanes of at least 4 members (excludes halogenated alkanes) is 1. The van der Waals surface area contributed by atoms with E-state index in [2.05, 4.69) is 51.5 Å². The van der Waals surface area contributed by atoms with E-state index in [-0.39, 0.29) is 0 Å². The fraction of sp³-hybridized carbons (Fsp3) is 0.611. The van der Waals surface area contributed by atoms with Crippen molar-refractivity contribution in [1.29, 1.82) is 0 Å². The third-order valence-electron chi connectivity index (χ3n) is 3.92. The summed E-state index contributed by atoms with van der Waals surface area (Å²) in [5.74, 6) is 1.61. The molecule has 0 aromatic carbocycles. The Balaban J connectivity index is 1.94. The first-order chi connectivity index (χ1) is 11.2. The molecule has 0 saturated heterocycles. The lowest BCUT2D eigenvalue weighted by Crippen LogP contribution is -2.29. The van der Waals surface area contributed by atoms with Crippen LogP contribution in [0.1, 0.15) is 51.3 Å². The van der Waals surface area contributed by atoms with E-state index >= 15 is 0 Å². The number of nitrogens with zero attached hydrogens (tertiary/aromatic N) is 4. The quantitative estimate of drug-likeness (QED) is 0.613. The highest BCUT2D eigenvalue weighted by Crippen LogP contribution is 2.13. The Morgan fingerprint density at radius 3 is 2.57 bits per heavy atom. The Labute approximate surface area is 144 Å². The monoisotopic (exact) mass is 331 g/mol. The van der Waals surface area contributed by atoms with Gasteiger partial charge in [0.25, 0.3) is 0 Å². The number of thiazole rings is 1. The smallest absolute Gasteiger partial charge is 0.225 e. The first kappa shape index (κ1) is 17.9. The molecule has 0 bridgehead atoms. The van der Waals surface area contributed by atoms with Gasteiger partial charge in [-0.2, -0.15) is 0 Å². The highest BCUT2D eigenvalue weighted by Gasteiger charge is 2.10. The molecule has 0 saturated carbocycles. The number of anilines is 1. The molecule has 0 fully saturated rings. The minimum Gasteiger partial charge on any atom is -0.340 e. The molecule has 0 amide bonds. The van der Waals surface area contributed by atoms with Crippen molar-refractivity contribution in [2.75, 3.05) is 18.0 Å². The number of aromatic nitrogens is 3. The molecule has 1 radical (unpaired) electrons. The van der Waals surface area contributed by atoms with Crippen LogP contribution in [-0.2, 0) is 12.8 Å². The molecule has 23 heavy (non-hydrogen) atoms. The van der Waals surface area contributed by atoms with E-state index in [0.29, 0.717) is 0 Å². The number of rotatable bonds is 10. The van der Waals surface area contributed by atoms with Gasteiger partial charge in [-0.15, -0.1) is 11.3 Å². The van der Waals surface area contributed by atoms with E-state index in [1.54, 1.807) is 0 Å². The van der Waals surface area contributed by atoms with Gasteiger partial charge in [-0.25, -0.2) is 15.0 Å². The van der Waals surface area contributed by atoms with Crippen LogP contribution in [-0.4, -0.2) is 28.0 Å². The van der Waals surface area contributed by atoms with Crippen molar-refractivity contribution in [3.05, 3.63) is 34.5 Å². The maximum absolute atomic E-state index is 4.55. The average molecular weight is 332 g/mol. The molecule has 0 aliphatic carbocycles. The zero-order valence-electron chi connectivity index (χ0n) is 14.5. The molecule has 0 aliphatic heterocycles. The lowest BCUT2D eigenvalue weighted by Gasteiger charge is -2.22. The fourth-order valence-corrected chi connectivity index (χ4v) is 2.96. The summed E-state index contributed by atoms with van der Waals surface area (Å²) < 4.78 is 0. The van der Waals surface area contributed by atoms with Crippen LogP contribution in [0.15, 0.2) is 17.8 Å². The number of aryl methyl sites for hydroxylation is 1. The molecule has 0 unspecified atom stereocenters. The molecule has 2 aromatic heterocycles. The van der Waals surface area contributed by atoms with Gasteiger partial charge in [-0.1, -0.05) is 33.6 Å². The van der Waals surface area contributed by atoms with Crippen molar-refractivity contribution >= 4 is 17.3 Å². The van der Waals surface area contributed by atoms with E-state index in [0.717, 1.165) is 43.5 Å². The van der Waals surface area contributed by atoms with Crippen LogP contribution < -0.4 is 4.90 Å². The Morgan fingerprint density at radius 1 is 1.17 bits per heavy atom. The van der Waals surface area contributed by atoms with E-state index in [9.17, 15) is 0 Å². The van der Waals surface area contributed by atoms with Crippen molar-refractivity contribution in [1.82, 2.24) is 15.0 Å². The second kappa shape index (κ2) is 9.60. The molecular formula is C18H27N4S. The summed E-state index contributed by atoms with van der Waals surface area (Å²) in [4.78, 5) is 15.7. The SMILES string of the molecule is CCc1cnc(N(CCCCC(C)C)CCc2cs[c]n2)nc1. The third kappa shape index (κ3) is 6.26. The van der Waals surface area contributed by atoms with Gasteiger partial charge in [0.2, 0.25) is 5.95 Å². The zero-order valence-corrected chi connectivity index (χ0v) is 15.3. The van der Waals surface area contributed by atoms with Gasteiger partial charge in [0.15, 0.2) is 5.51 Å². The lowest BCUT2D eigenvalue weighted by atomic mass is 10.1. The molecule has 2 aromatic rings. The standard InChI is InChI=1S/C18H27N4S/c1-4-16-11-19-18(20-12-16)22(9-6-5-7-15(2)3)10-8-17-13-23-14-21-17/h11-13,15H,4-10H2,1-3H3. The van der Waals surface area contributed by atoms with Crippen LogP contribution in [0.4, 0.5) is 5.95 Å². The van der Waals surface area contributed by atoms with Gasteiger partial charge < -0.3 is 4.90 Å². The minimum absolute atomic E-state index is 0.772. The van der Waals surface area contributed by atoms with Crippen LogP contribution in [0.5, 0.6) is 0 Å². The van der Waals surface area contributed by atoms with Crippen molar-refractivity contribution in [3.63, 3.8) is 0 Å². The van der Waals surface area contributed by atoms with Gasteiger partial charge in [0.1, 0.15) is 0 Å². The predicted molar refractivity (Wildman–Crippen MR) is 97.0 cm³/mol. The maximum Gasteiger partial charge on any atom is 0.225 e. The normalized spacial score (nSPS) is 11.1. The minimum atomic E-state index is 0.772. The lowest BCUT2D eigenvalue weighted by molar-refractivity contribution is 0.533. The van der Waals surface area contributed by atoms with Gasteiger partial charge in [0.05, 0.1) is 5.69 Å². The largest absolute Gasteiger partial charge is 0.340 e. The van der Waals surface area contributed by atoms with E-state index in [1.165, 1.54) is 36.2 Å². The summed E-state index contributed by atoms with van der Waals surface area (Å²) in [5, 5.41) is 2.07. The molecule has 0 atom stereocenters. The molecule has 2 rings (SSSR count). The summed E-state index contributed by atoms with van der Waals surface area (Å²) >= 11 is 1.53. The second-order valence-electron chi connectivity index (χ2n) is 6.30. The van der Waals surface area contributed by atoms with E-state index in [1.807, 2.05) is 12.4 Å². The fourth-order valence-electron chi connectivity index (χ4n) is 2.43. The van der Waals surface area contributed by atoms with Gasteiger partial charge in [0, 0.05) is 37.3 Å². The van der Waals surface area contributed by atoms with Gasteiger partial charge in [-0.3, -0.25) is 0 Å². The van der Waals surface area contributed by atoms with Crippen LogP contribution in [0, 0.1) is 11.4 Å². The predicted octanol–water partition coefficient (Wildman–Crippen LogP) is 4.17. The second-order valence-corrected chi connectivity index (χ2v) is 6.96. The first-order valence-corrected chi connectivity index (χ1v) is 9.43. The molecule has 0 spiro atoms. The topological polar surface area (TPSA) is 41.9 Å². The van der Waals surface area contributed by atoms with E-state index < -0.39 is 0 Å². The summed E-state index contributed by atoms with van der Waals surface area (Å²) in [7, 11) is 0.